The number of Topliss-reactive ketones (excluding diaryl/α,β-unsaturated/α-hetero) is 1. The predicted octanol–water partition coefficient (Wildman–Crippen LogP) is 2.79. The summed E-state index contributed by atoms with van der Waals surface area (Å²) in [6, 6.07) is 7.43. The van der Waals surface area contributed by atoms with E-state index in [4.69, 9.17) is 10.5 Å². The zero-order valence-corrected chi connectivity index (χ0v) is 11.1. The summed E-state index contributed by atoms with van der Waals surface area (Å²) < 4.78 is 5.62. The van der Waals surface area contributed by atoms with Gasteiger partial charge in [0.1, 0.15) is 5.75 Å². The molecule has 0 radical (unpaired) electrons. The minimum atomic E-state index is -0.309. The van der Waals surface area contributed by atoms with Crippen LogP contribution in [0.3, 0.4) is 0 Å². The van der Waals surface area contributed by atoms with Crippen LogP contribution in [0.2, 0.25) is 0 Å². The maximum atomic E-state index is 12.5. The van der Waals surface area contributed by atoms with Crippen LogP contribution in [-0.4, -0.2) is 18.4 Å². The first-order valence-electron chi connectivity index (χ1n) is 6.59. The Labute approximate surface area is 108 Å². The number of rotatable bonds is 5. The van der Waals surface area contributed by atoms with Crippen molar-refractivity contribution >= 4 is 5.78 Å². The Bertz CT molecular complexity index is 430. The Morgan fingerprint density at radius 3 is 2.67 bits per heavy atom. The Balaban J connectivity index is 2.20. The van der Waals surface area contributed by atoms with Crippen LogP contribution in [0.15, 0.2) is 24.3 Å². The van der Waals surface area contributed by atoms with Crippen molar-refractivity contribution in [1.29, 1.82) is 0 Å². The highest BCUT2D eigenvalue weighted by atomic mass is 16.5. The molecule has 2 rings (SSSR count). The van der Waals surface area contributed by atoms with Crippen LogP contribution in [-0.2, 0) is 0 Å². The molecule has 0 heterocycles. The number of hydrogen-bond donors (Lipinski definition) is 1. The highest BCUT2D eigenvalue weighted by Crippen LogP contribution is 2.42. The molecule has 1 aromatic carbocycles. The molecule has 1 saturated carbocycles. The molecule has 0 saturated heterocycles. The molecule has 0 unspecified atom stereocenters. The largest absolute Gasteiger partial charge is 0.491 e. The molecule has 2 N–H and O–H groups in total. The second-order valence-electron chi connectivity index (χ2n) is 5.36. The zero-order chi connectivity index (χ0) is 13.2. The first-order chi connectivity index (χ1) is 8.57. The molecule has 3 nitrogen and oxygen atoms in total. The minimum Gasteiger partial charge on any atom is -0.491 e. The monoisotopic (exact) mass is 247 g/mol. The van der Waals surface area contributed by atoms with E-state index in [1.165, 1.54) is 0 Å². The molecular weight excluding hydrogens is 226 g/mol. The molecule has 1 fully saturated rings. The lowest BCUT2D eigenvalue weighted by Crippen LogP contribution is -2.44. The van der Waals surface area contributed by atoms with Gasteiger partial charge in [-0.3, -0.25) is 4.79 Å². The zero-order valence-electron chi connectivity index (χ0n) is 11.1. The van der Waals surface area contributed by atoms with Crippen LogP contribution >= 0.6 is 0 Å². The predicted molar refractivity (Wildman–Crippen MR) is 71.9 cm³/mol. The standard InChI is InChI=1S/C15H21NO2/c1-11(2)18-13-6-3-5-12(9-13)14(17)15(10-16)7-4-8-15/h3,5-6,9,11H,4,7-8,10,16H2,1-2H3. The number of carbonyl (C=O) groups excluding carboxylic acids is 1. The van der Waals surface area contributed by atoms with E-state index in [2.05, 4.69) is 0 Å². The van der Waals surface area contributed by atoms with E-state index in [9.17, 15) is 4.79 Å². The number of carbonyl (C=O) groups is 1. The number of nitrogens with two attached hydrogens (primary N) is 1. The van der Waals surface area contributed by atoms with Gasteiger partial charge in [0, 0.05) is 17.5 Å². The van der Waals surface area contributed by atoms with Crippen LogP contribution in [0, 0.1) is 5.41 Å². The highest BCUT2D eigenvalue weighted by molar-refractivity contribution is 6.01. The molecule has 0 aromatic heterocycles. The summed E-state index contributed by atoms with van der Waals surface area (Å²) in [6.45, 7) is 4.39. The summed E-state index contributed by atoms with van der Waals surface area (Å²) in [5.74, 6) is 0.924. The number of ether oxygens (including phenoxy) is 1. The quantitative estimate of drug-likeness (QED) is 0.814. The van der Waals surface area contributed by atoms with E-state index < -0.39 is 0 Å². The Kier molecular flexibility index (Phi) is 3.71. The van der Waals surface area contributed by atoms with Gasteiger partial charge in [-0.1, -0.05) is 18.6 Å². The molecular formula is C15H21NO2. The number of hydrogen-bond acceptors (Lipinski definition) is 3. The average molecular weight is 247 g/mol. The summed E-state index contributed by atoms with van der Waals surface area (Å²) >= 11 is 0. The second-order valence-corrected chi connectivity index (χ2v) is 5.36. The number of ketones is 1. The Hall–Kier alpha value is -1.35. The van der Waals surface area contributed by atoms with Gasteiger partial charge in [-0.2, -0.15) is 0 Å². The van der Waals surface area contributed by atoms with Gasteiger partial charge in [-0.15, -0.1) is 0 Å². The maximum Gasteiger partial charge on any atom is 0.170 e. The van der Waals surface area contributed by atoms with Crippen LogP contribution in [0.1, 0.15) is 43.5 Å². The van der Waals surface area contributed by atoms with Crippen molar-refractivity contribution in [2.24, 2.45) is 11.1 Å². The van der Waals surface area contributed by atoms with Gasteiger partial charge in [0.25, 0.3) is 0 Å². The van der Waals surface area contributed by atoms with Gasteiger partial charge in [-0.25, -0.2) is 0 Å². The minimum absolute atomic E-state index is 0.113. The van der Waals surface area contributed by atoms with Crippen molar-refractivity contribution in [3.8, 4) is 5.75 Å². The lowest BCUT2D eigenvalue weighted by Gasteiger charge is -2.39. The van der Waals surface area contributed by atoms with Crippen molar-refractivity contribution in [2.45, 2.75) is 39.2 Å². The molecule has 1 aromatic rings. The van der Waals surface area contributed by atoms with Crippen molar-refractivity contribution in [2.75, 3.05) is 6.54 Å². The molecule has 0 amide bonds. The molecule has 0 aliphatic heterocycles. The van der Waals surface area contributed by atoms with E-state index >= 15 is 0 Å². The summed E-state index contributed by atoms with van der Waals surface area (Å²) in [6.07, 6.45) is 3.04. The van der Waals surface area contributed by atoms with E-state index in [1.54, 1.807) is 0 Å². The molecule has 0 bridgehead atoms. The maximum absolute atomic E-state index is 12.5. The van der Waals surface area contributed by atoms with Crippen LogP contribution in [0.5, 0.6) is 5.75 Å². The molecule has 3 heteroatoms. The van der Waals surface area contributed by atoms with Gasteiger partial charge in [0.15, 0.2) is 5.78 Å². The van der Waals surface area contributed by atoms with Gasteiger partial charge in [-0.05, 0) is 38.8 Å². The lowest BCUT2D eigenvalue weighted by atomic mass is 9.64. The van der Waals surface area contributed by atoms with Crippen molar-refractivity contribution in [3.05, 3.63) is 29.8 Å². The molecule has 0 atom stereocenters. The van der Waals surface area contributed by atoms with E-state index in [0.29, 0.717) is 6.54 Å². The van der Waals surface area contributed by atoms with Gasteiger partial charge in [0.2, 0.25) is 0 Å². The lowest BCUT2D eigenvalue weighted by molar-refractivity contribution is 0.0635. The van der Waals surface area contributed by atoms with Crippen LogP contribution in [0.25, 0.3) is 0 Å². The van der Waals surface area contributed by atoms with Crippen molar-refractivity contribution in [1.82, 2.24) is 0 Å². The van der Waals surface area contributed by atoms with Gasteiger partial charge >= 0.3 is 0 Å². The van der Waals surface area contributed by atoms with Gasteiger partial charge < -0.3 is 10.5 Å². The van der Waals surface area contributed by atoms with Crippen molar-refractivity contribution < 1.29 is 9.53 Å². The van der Waals surface area contributed by atoms with Crippen LogP contribution in [0.4, 0.5) is 0 Å². The molecule has 98 valence electrons. The molecule has 18 heavy (non-hydrogen) atoms. The first kappa shape index (κ1) is 13.1. The third kappa shape index (κ3) is 2.41. The van der Waals surface area contributed by atoms with E-state index in [0.717, 1.165) is 30.6 Å². The summed E-state index contributed by atoms with van der Waals surface area (Å²) in [5, 5.41) is 0. The smallest absolute Gasteiger partial charge is 0.170 e. The average Bonchev–Trinajstić information content (AvgIpc) is 2.27. The molecule has 1 aliphatic carbocycles. The SMILES string of the molecule is CC(C)Oc1cccc(C(=O)C2(CN)CCC2)c1. The third-order valence-corrected chi connectivity index (χ3v) is 3.65. The number of benzene rings is 1. The van der Waals surface area contributed by atoms with E-state index in [-0.39, 0.29) is 17.3 Å². The first-order valence-corrected chi connectivity index (χ1v) is 6.59. The summed E-state index contributed by atoms with van der Waals surface area (Å²) in [7, 11) is 0. The van der Waals surface area contributed by atoms with Crippen LogP contribution < -0.4 is 10.5 Å². The Morgan fingerprint density at radius 2 is 2.17 bits per heavy atom. The van der Waals surface area contributed by atoms with E-state index in [1.807, 2.05) is 38.1 Å². The topological polar surface area (TPSA) is 52.3 Å². The Morgan fingerprint density at radius 1 is 1.44 bits per heavy atom. The van der Waals surface area contributed by atoms with Gasteiger partial charge in [0.05, 0.1) is 6.10 Å². The summed E-state index contributed by atoms with van der Waals surface area (Å²) in [4.78, 5) is 12.5. The fourth-order valence-corrected chi connectivity index (χ4v) is 2.42. The fraction of sp³-hybridized carbons (Fsp3) is 0.533. The molecule has 1 aliphatic rings. The molecule has 0 spiro atoms. The normalized spacial score (nSPS) is 17.3. The highest BCUT2D eigenvalue weighted by Gasteiger charge is 2.42. The summed E-state index contributed by atoms with van der Waals surface area (Å²) in [5.41, 5.74) is 6.19. The second kappa shape index (κ2) is 5.11. The van der Waals surface area contributed by atoms with Crippen molar-refractivity contribution in [3.63, 3.8) is 0 Å². The fourth-order valence-electron chi connectivity index (χ4n) is 2.42. The third-order valence-electron chi connectivity index (χ3n) is 3.65.